The number of halogens is 1. The molecule has 0 saturated carbocycles. The van der Waals surface area contributed by atoms with Gasteiger partial charge in [-0.2, -0.15) is 0 Å². The van der Waals surface area contributed by atoms with Gasteiger partial charge in [-0.05, 0) is 23.6 Å². The molecule has 0 aromatic heterocycles. The second-order valence-electron chi connectivity index (χ2n) is 3.10. The summed E-state index contributed by atoms with van der Waals surface area (Å²) in [6.07, 6.45) is 1.06. The zero-order chi connectivity index (χ0) is 8.55. The molecule has 3 heteroatoms. The molecule has 0 bridgehead atoms. The molecule has 2 N–H and O–H groups in total. The first-order valence-corrected chi connectivity index (χ1v) is 4.82. The molecule has 2 rings (SSSR count). The van der Waals surface area contributed by atoms with Crippen LogP contribution in [0.15, 0.2) is 22.7 Å². The minimum absolute atomic E-state index is 0.858. The van der Waals surface area contributed by atoms with Gasteiger partial charge in [0.25, 0.3) is 0 Å². The second kappa shape index (κ2) is 3.17. The van der Waals surface area contributed by atoms with Crippen molar-refractivity contribution in [2.45, 2.75) is 13.0 Å². The van der Waals surface area contributed by atoms with E-state index in [0.717, 1.165) is 19.5 Å². The summed E-state index contributed by atoms with van der Waals surface area (Å²) in [6.45, 7) is 1.82. The second-order valence-corrected chi connectivity index (χ2v) is 3.95. The zero-order valence-electron chi connectivity index (χ0n) is 6.76. The molecular formula is C9H11BrN2. The highest BCUT2D eigenvalue weighted by molar-refractivity contribution is 9.10. The van der Waals surface area contributed by atoms with Gasteiger partial charge in [0.2, 0.25) is 0 Å². The normalized spacial score (nSPS) is 17.5. The topological polar surface area (TPSA) is 29.3 Å². The van der Waals surface area contributed by atoms with E-state index in [-0.39, 0.29) is 0 Å². The molecule has 12 heavy (non-hydrogen) atoms. The van der Waals surface area contributed by atoms with Crippen LogP contribution in [0.3, 0.4) is 0 Å². The highest BCUT2D eigenvalue weighted by atomic mass is 79.9. The quantitative estimate of drug-likeness (QED) is 0.683. The average molecular weight is 227 g/mol. The Labute approximate surface area is 80.5 Å². The van der Waals surface area contributed by atoms with Crippen molar-refractivity contribution < 1.29 is 0 Å². The fourth-order valence-corrected chi connectivity index (χ4v) is 2.09. The van der Waals surface area contributed by atoms with Gasteiger partial charge in [0.15, 0.2) is 0 Å². The van der Waals surface area contributed by atoms with E-state index >= 15 is 0 Å². The van der Waals surface area contributed by atoms with Gasteiger partial charge in [-0.1, -0.05) is 28.1 Å². The smallest absolute Gasteiger partial charge is 0.0393 e. The predicted molar refractivity (Wildman–Crippen MR) is 52.4 cm³/mol. The third-order valence-corrected chi connectivity index (χ3v) is 2.99. The van der Waals surface area contributed by atoms with E-state index in [4.69, 9.17) is 5.84 Å². The summed E-state index contributed by atoms with van der Waals surface area (Å²) in [6, 6.07) is 6.32. The average Bonchev–Trinajstić information content (AvgIpc) is 2.07. The van der Waals surface area contributed by atoms with E-state index in [1.165, 1.54) is 15.6 Å². The molecule has 0 amide bonds. The van der Waals surface area contributed by atoms with Crippen molar-refractivity contribution in [1.29, 1.82) is 0 Å². The molecule has 0 fully saturated rings. The van der Waals surface area contributed by atoms with Gasteiger partial charge in [0.05, 0.1) is 0 Å². The van der Waals surface area contributed by atoms with Gasteiger partial charge < -0.3 is 0 Å². The highest BCUT2D eigenvalue weighted by Crippen LogP contribution is 2.24. The summed E-state index contributed by atoms with van der Waals surface area (Å²) in [4.78, 5) is 0. The van der Waals surface area contributed by atoms with E-state index in [9.17, 15) is 0 Å². The number of hydrogen-bond acceptors (Lipinski definition) is 2. The number of fused-ring (bicyclic) bond motifs is 1. The van der Waals surface area contributed by atoms with Crippen LogP contribution in [-0.2, 0) is 13.0 Å². The van der Waals surface area contributed by atoms with Crippen LogP contribution in [0.2, 0.25) is 0 Å². The van der Waals surface area contributed by atoms with Crippen molar-refractivity contribution in [2.75, 3.05) is 6.54 Å². The van der Waals surface area contributed by atoms with Gasteiger partial charge >= 0.3 is 0 Å². The van der Waals surface area contributed by atoms with Crippen molar-refractivity contribution >= 4 is 15.9 Å². The SMILES string of the molecule is NN1CCc2cccc(Br)c2C1. The molecule has 1 heterocycles. The lowest BCUT2D eigenvalue weighted by Gasteiger charge is -2.25. The Kier molecular flexibility index (Phi) is 2.17. The van der Waals surface area contributed by atoms with Crippen LogP contribution in [0, 0.1) is 0 Å². The molecule has 2 nitrogen and oxygen atoms in total. The Balaban J connectivity index is 2.43. The maximum atomic E-state index is 5.73. The van der Waals surface area contributed by atoms with Crippen LogP contribution < -0.4 is 5.84 Å². The molecule has 0 unspecified atom stereocenters. The van der Waals surface area contributed by atoms with Gasteiger partial charge in [-0.25, -0.2) is 5.01 Å². The first-order valence-electron chi connectivity index (χ1n) is 4.03. The fraction of sp³-hybridized carbons (Fsp3) is 0.333. The van der Waals surface area contributed by atoms with Crippen molar-refractivity contribution in [3.05, 3.63) is 33.8 Å². The van der Waals surface area contributed by atoms with Gasteiger partial charge in [0, 0.05) is 17.6 Å². The standard InChI is InChI=1S/C9H11BrN2/c10-9-3-1-2-7-4-5-12(11)6-8(7)9/h1-3H,4-6,11H2. The first-order chi connectivity index (χ1) is 5.77. The van der Waals surface area contributed by atoms with E-state index < -0.39 is 0 Å². The fourth-order valence-electron chi connectivity index (χ4n) is 1.56. The molecule has 1 aromatic carbocycles. The van der Waals surface area contributed by atoms with Crippen LogP contribution in [0.5, 0.6) is 0 Å². The maximum Gasteiger partial charge on any atom is 0.0393 e. The summed E-state index contributed by atoms with van der Waals surface area (Å²) in [5, 5.41) is 1.85. The molecule has 0 aliphatic carbocycles. The monoisotopic (exact) mass is 226 g/mol. The highest BCUT2D eigenvalue weighted by Gasteiger charge is 2.14. The number of rotatable bonds is 0. The number of hydrogen-bond donors (Lipinski definition) is 1. The minimum Gasteiger partial charge on any atom is -0.268 e. The van der Waals surface area contributed by atoms with Crippen LogP contribution in [0.4, 0.5) is 0 Å². The Morgan fingerprint density at radius 1 is 1.42 bits per heavy atom. The summed E-state index contributed by atoms with van der Waals surface area (Å²) in [7, 11) is 0. The first kappa shape index (κ1) is 8.23. The summed E-state index contributed by atoms with van der Waals surface area (Å²) < 4.78 is 1.18. The van der Waals surface area contributed by atoms with Crippen molar-refractivity contribution in [3.8, 4) is 0 Å². The third kappa shape index (κ3) is 1.40. The Bertz CT molecular complexity index is 299. The predicted octanol–water partition coefficient (Wildman–Crippen LogP) is 1.68. The lowest BCUT2D eigenvalue weighted by atomic mass is 10.0. The van der Waals surface area contributed by atoms with Crippen molar-refractivity contribution in [2.24, 2.45) is 5.84 Å². The Morgan fingerprint density at radius 3 is 3.08 bits per heavy atom. The number of benzene rings is 1. The molecule has 1 aliphatic rings. The van der Waals surface area contributed by atoms with E-state index in [2.05, 4.69) is 34.1 Å². The molecule has 0 spiro atoms. The lowest BCUT2D eigenvalue weighted by molar-refractivity contribution is 0.262. The molecule has 1 aliphatic heterocycles. The Morgan fingerprint density at radius 2 is 2.25 bits per heavy atom. The van der Waals surface area contributed by atoms with Crippen LogP contribution in [-0.4, -0.2) is 11.6 Å². The van der Waals surface area contributed by atoms with E-state index in [1.54, 1.807) is 0 Å². The molecule has 0 saturated heterocycles. The molecule has 0 radical (unpaired) electrons. The zero-order valence-corrected chi connectivity index (χ0v) is 8.34. The number of nitrogens with two attached hydrogens (primary N) is 1. The summed E-state index contributed by atoms with van der Waals surface area (Å²) in [5.41, 5.74) is 2.76. The third-order valence-electron chi connectivity index (χ3n) is 2.25. The van der Waals surface area contributed by atoms with Crippen molar-refractivity contribution in [3.63, 3.8) is 0 Å². The van der Waals surface area contributed by atoms with E-state index in [0.29, 0.717) is 0 Å². The molecule has 1 aromatic rings. The summed E-state index contributed by atoms with van der Waals surface area (Å²) >= 11 is 3.53. The minimum atomic E-state index is 0.858. The van der Waals surface area contributed by atoms with Gasteiger partial charge in [-0.3, -0.25) is 5.84 Å². The summed E-state index contributed by atoms with van der Waals surface area (Å²) in [5.74, 6) is 5.73. The van der Waals surface area contributed by atoms with Gasteiger partial charge in [-0.15, -0.1) is 0 Å². The van der Waals surface area contributed by atoms with Gasteiger partial charge in [0.1, 0.15) is 0 Å². The van der Waals surface area contributed by atoms with Crippen LogP contribution in [0.25, 0.3) is 0 Å². The largest absolute Gasteiger partial charge is 0.268 e. The maximum absolute atomic E-state index is 5.73. The Hall–Kier alpha value is -0.380. The molecule has 0 atom stereocenters. The van der Waals surface area contributed by atoms with Crippen LogP contribution in [0.1, 0.15) is 11.1 Å². The lowest BCUT2D eigenvalue weighted by Crippen LogP contribution is -2.36. The van der Waals surface area contributed by atoms with E-state index in [1.807, 2.05) is 5.01 Å². The number of hydrazine groups is 1. The molecular weight excluding hydrogens is 216 g/mol. The molecule has 64 valence electrons. The van der Waals surface area contributed by atoms with Crippen molar-refractivity contribution in [1.82, 2.24) is 5.01 Å². The number of nitrogens with zero attached hydrogens (tertiary/aromatic N) is 1. The van der Waals surface area contributed by atoms with Crippen LogP contribution >= 0.6 is 15.9 Å².